The highest BCUT2D eigenvalue weighted by Gasteiger charge is 2.21. The lowest BCUT2D eigenvalue weighted by Crippen LogP contribution is -2.30. The third-order valence-corrected chi connectivity index (χ3v) is 5.27. The van der Waals surface area contributed by atoms with Gasteiger partial charge in [-0.3, -0.25) is 19.5 Å². The topological polar surface area (TPSA) is 104 Å². The fourth-order valence-corrected chi connectivity index (χ4v) is 3.59. The summed E-state index contributed by atoms with van der Waals surface area (Å²) < 4.78 is 41.5. The van der Waals surface area contributed by atoms with Gasteiger partial charge in [-0.25, -0.2) is 17.9 Å². The number of aromatic nitrogens is 2. The second kappa shape index (κ2) is 9.72. The number of nitrogens with zero attached hydrogens (tertiary/aromatic N) is 1. The average Bonchev–Trinajstić information content (AvgIpc) is 3.20. The first-order chi connectivity index (χ1) is 16.7. The Labute approximate surface area is 196 Å². The number of aliphatic carboxylic acids is 1. The molecule has 35 heavy (non-hydrogen) atoms. The van der Waals surface area contributed by atoms with Gasteiger partial charge in [-0.2, -0.15) is 0 Å². The molecular weight excluding hydrogens is 463 g/mol. The zero-order valence-electron chi connectivity index (χ0n) is 18.0. The van der Waals surface area contributed by atoms with Crippen LogP contribution in [0.3, 0.4) is 0 Å². The Morgan fingerprint density at radius 1 is 0.914 bits per heavy atom. The first-order valence-corrected chi connectivity index (χ1v) is 10.4. The van der Waals surface area contributed by atoms with E-state index in [9.17, 15) is 32.7 Å². The fraction of sp³-hybridized carbons (Fsp3) is 0.0800. The van der Waals surface area contributed by atoms with Crippen LogP contribution in [0.25, 0.3) is 16.8 Å². The van der Waals surface area contributed by atoms with Gasteiger partial charge in [0.25, 0.3) is 11.5 Å². The summed E-state index contributed by atoms with van der Waals surface area (Å²) >= 11 is 0. The van der Waals surface area contributed by atoms with Gasteiger partial charge in [0.1, 0.15) is 23.0 Å². The Kier molecular flexibility index (Phi) is 6.54. The molecular formula is C25H18F3N3O4. The highest BCUT2D eigenvalue weighted by Crippen LogP contribution is 2.24. The summed E-state index contributed by atoms with van der Waals surface area (Å²) in [7, 11) is 0. The molecule has 1 amide bonds. The van der Waals surface area contributed by atoms with Crippen molar-refractivity contribution in [2.45, 2.75) is 12.5 Å². The Morgan fingerprint density at radius 3 is 2.29 bits per heavy atom. The van der Waals surface area contributed by atoms with Crippen molar-refractivity contribution in [1.82, 2.24) is 15.1 Å². The number of carbonyl (C=O) groups is 2. The van der Waals surface area contributed by atoms with E-state index in [2.05, 4.69) is 10.4 Å². The van der Waals surface area contributed by atoms with Crippen LogP contribution in [0.2, 0.25) is 0 Å². The summed E-state index contributed by atoms with van der Waals surface area (Å²) in [5.41, 5.74) is 0.483. The lowest BCUT2D eigenvalue weighted by atomic mass is 9.99. The van der Waals surface area contributed by atoms with E-state index < -0.39 is 47.4 Å². The van der Waals surface area contributed by atoms with Gasteiger partial charge in [-0.15, -0.1) is 0 Å². The molecule has 0 aliphatic rings. The largest absolute Gasteiger partial charge is 0.481 e. The van der Waals surface area contributed by atoms with E-state index >= 15 is 0 Å². The van der Waals surface area contributed by atoms with Crippen molar-refractivity contribution in [2.75, 3.05) is 0 Å². The zero-order valence-corrected chi connectivity index (χ0v) is 18.0. The molecule has 10 heteroatoms. The van der Waals surface area contributed by atoms with Crippen molar-refractivity contribution in [3.8, 4) is 16.8 Å². The molecule has 7 nitrogen and oxygen atoms in total. The minimum absolute atomic E-state index is 0.245. The number of nitrogens with one attached hydrogen (secondary N) is 2. The number of halogens is 3. The van der Waals surface area contributed by atoms with Crippen LogP contribution in [0.1, 0.15) is 28.5 Å². The third kappa shape index (κ3) is 5.32. The standard InChI is InChI=1S/C25H18F3N3O4/c26-17-3-1-2-16(10-17)14-4-6-15(7-5-14)20(13-24(33)34)29-25(35)21-12-23(32)31(30-21)22-9-8-18(27)11-19(22)28/h1-12,20,30H,13H2,(H,29,35)(H,33,34). The van der Waals surface area contributed by atoms with Gasteiger partial charge >= 0.3 is 5.97 Å². The van der Waals surface area contributed by atoms with E-state index in [1.165, 1.54) is 12.1 Å². The van der Waals surface area contributed by atoms with Crippen LogP contribution in [-0.4, -0.2) is 26.8 Å². The summed E-state index contributed by atoms with van der Waals surface area (Å²) in [5, 5.41) is 14.3. The quantitative estimate of drug-likeness (QED) is 0.368. The number of rotatable bonds is 7. The number of benzene rings is 3. The van der Waals surface area contributed by atoms with Crippen molar-refractivity contribution in [3.05, 3.63) is 112 Å². The highest BCUT2D eigenvalue weighted by molar-refractivity contribution is 5.92. The number of carboxylic acids is 1. The molecule has 1 heterocycles. The Hall–Kier alpha value is -4.60. The van der Waals surface area contributed by atoms with E-state index in [4.69, 9.17) is 0 Å². The van der Waals surface area contributed by atoms with Crippen molar-refractivity contribution in [1.29, 1.82) is 0 Å². The predicted molar refractivity (Wildman–Crippen MR) is 121 cm³/mol. The number of carboxylic acid groups (broad SMARTS) is 1. The molecule has 1 atom stereocenters. The lowest BCUT2D eigenvalue weighted by molar-refractivity contribution is -0.137. The van der Waals surface area contributed by atoms with Gasteiger partial charge in [-0.05, 0) is 41.0 Å². The zero-order chi connectivity index (χ0) is 25.1. The minimum Gasteiger partial charge on any atom is -0.481 e. The Balaban J connectivity index is 1.58. The van der Waals surface area contributed by atoms with E-state index in [0.29, 0.717) is 22.8 Å². The molecule has 0 radical (unpaired) electrons. The van der Waals surface area contributed by atoms with Crippen LogP contribution in [-0.2, 0) is 4.79 Å². The maximum absolute atomic E-state index is 14.1. The normalized spacial score (nSPS) is 11.7. The summed E-state index contributed by atoms with van der Waals surface area (Å²) in [5.74, 6) is -4.22. The maximum atomic E-state index is 14.1. The number of amides is 1. The molecule has 0 fully saturated rings. The van der Waals surface area contributed by atoms with Gasteiger partial charge in [0, 0.05) is 12.1 Å². The minimum atomic E-state index is -1.18. The fourth-order valence-electron chi connectivity index (χ4n) is 3.59. The molecule has 0 bridgehead atoms. The van der Waals surface area contributed by atoms with Crippen molar-refractivity contribution in [3.63, 3.8) is 0 Å². The second-order valence-corrected chi connectivity index (χ2v) is 7.70. The molecule has 0 aliphatic heterocycles. The van der Waals surface area contributed by atoms with Crippen LogP contribution < -0.4 is 10.9 Å². The molecule has 0 saturated heterocycles. The Bertz CT molecular complexity index is 1460. The summed E-state index contributed by atoms with van der Waals surface area (Å²) in [6.07, 6.45) is -0.456. The summed E-state index contributed by atoms with van der Waals surface area (Å²) in [4.78, 5) is 36.5. The molecule has 3 N–H and O–H groups in total. The number of hydrogen-bond donors (Lipinski definition) is 3. The van der Waals surface area contributed by atoms with Crippen LogP contribution in [0.5, 0.6) is 0 Å². The highest BCUT2D eigenvalue weighted by atomic mass is 19.1. The SMILES string of the molecule is O=C(O)CC(NC(=O)c1cc(=O)n(-c2ccc(F)cc2F)[nH]1)c1ccc(-c2cccc(F)c2)cc1. The van der Waals surface area contributed by atoms with E-state index in [0.717, 1.165) is 22.9 Å². The maximum Gasteiger partial charge on any atom is 0.305 e. The summed E-state index contributed by atoms with van der Waals surface area (Å²) in [6, 6.07) is 15.1. The smallest absolute Gasteiger partial charge is 0.305 e. The molecule has 0 saturated carbocycles. The van der Waals surface area contributed by atoms with E-state index in [-0.39, 0.29) is 11.4 Å². The Morgan fingerprint density at radius 2 is 1.63 bits per heavy atom. The van der Waals surface area contributed by atoms with Gasteiger partial charge < -0.3 is 10.4 Å². The molecule has 1 aromatic heterocycles. The molecule has 0 spiro atoms. The second-order valence-electron chi connectivity index (χ2n) is 7.70. The van der Waals surface area contributed by atoms with Crippen LogP contribution >= 0.6 is 0 Å². The van der Waals surface area contributed by atoms with Crippen molar-refractivity contribution < 1.29 is 27.9 Å². The van der Waals surface area contributed by atoms with Crippen molar-refractivity contribution in [2.24, 2.45) is 0 Å². The van der Waals surface area contributed by atoms with Crippen LogP contribution in [0.15, 0.2) is 77.6 Å². The first-order valence-electron chi connectivity index (χ1n) is 10.4. The number of H-pyrrole nitrogens is 1. The van der Waals surface area contributed by atoms with Gasteiger partial charge in [0.2, 0.25) is 0 Å². The van der Waals surface area contributed by atoms with E-state index in [1.807, 2.05) is 0 Å². The molecule has 4 rings (SSSR count). The number of hydrogen-bond acceptors (Lipinski definition) is 3. The molecule has 4 aromatic rings. The summed E-state index contributed by atoms with van der Waals surface area (Å²) in [6.45, 7) is 0. The first kappa shape index (κ1) is 23.6. The molecule has 3 aromatic carbocycles. The number of aromatic amines is 1. The molecule has 1 unspecified atom stereocenters. The number of carbonyl (C=O) groups excluding carboxylic acids is 1. The van der Waals surface area contributed by atoms with Gasteiger partial charge in [0.15, 0.2) is 5.82 Å². The average molecular weight is 481 g/mol. The van der Waals surface area contributed by atoms with Crippen LogP contribution in [0, 0.1) is 17.5 Å². The predicted octanol–water partition coefficient (Wildman–Crippen LogP) is 4.20. The third-order valence-electron chi connectivity index (χ3n) is 5.27. The molecule has 178 valence electrons. The molecule has 0 aliphatic carbocycles. The van der Waals surface area contributed by atoms with Gasteiger partial charge in [0.05, 0.1) is 12.5 Å². The van der Waals surface area contributed by atoms with Crippen molar-refractivity contribution >= 4 is 11.9 Å². The lowest BCUT2D eigenvalue weighted by Gasteiger charge is -2.17. The van der Waals surface area contributed by atoms with E-state index in [1.54, 1.807) is 36.4 Å². The van der Waals surface area contributed by atoms with Crippen LogP contribution in [0.4, 0.5) is 13.2 Å². The monoisotopic (exact) mass is 481 g/mol. The van der Waals surface area contributed by atoms with Gasteiger partial charge in [-0.1, -0.05) is 36.4 Å².